The summed E-state index contributed by atoms with van der Waals surface area (Å²) in [5.74, 6) is 0.728. The molecule has 2 aromatic rings. The van der Waals surface area contributed by atoms with Crippen molar-refractivity contribution in [2.45, 2.75) is 57.9 Å². The van der Waals surface area contributed by atoms with Crippen LogP contribution in [0.25, 0.3) is 0 Å². The lowest BCUT2D eigenvalue weighted by Crippen LogP contribution is -2.33. The Labute approximate surface area is 181 Å². The van der Waals surface area contributed by atoms with E-state index in [2.05, 4.69) is 40.1 Å². The van der Waals surface area contributed by atoms with Crippen molar-refractivity contribution < 1.29 is 14.0 Å². The minimum Gasteiger partial charge on any atom is -0.381 e. The molecule has 2 rings (SSSR count). The van der Waals surface area contributed by atoms with Crippen LogP contribution in [-0.2, 0) is 28.9 Å². The van der Waals surface area contributed by atoms with Gasteiger partial charge in [0.25, 0.3) is 0 Å². The fourth-order valence-electron chi connectivity index (χ4n) is 3.17. The molecular weight excluding hydrogens is 384 g/mol. The van der Waals surface area contributed by atoms with Gasteiger partial charge in [0, 0.05) is 62.8 Å². The van der Waals surface area contributed by atoms with Crippen molar-refractivity contribution >= 4 is 11.6 Å². The molecule has 2 heterocycles. The molecule has 0 aliphatic heterocycles. The Bertz CT molecular complexity index is 640. The number of halogens is 1. The summed E-state index contributed by atoms with van der Waals surface area (Å²) in [5, 5.41) is 0. The maximum absolute atomic E-state index is 5.77. The monoisotopic (exact) mass is 419 g/mol. The van der Waals surface area contributed by atoms with Gasteiger partial charge in [0.15, 0.2) is 12.4 Å². The summed E-state index contributed by atoms with van der Waals surface area (Å²) >= 11 is 5.66. The number of ether oxygens (including phenoxy) is 2. The lowest BCUT2D eigenvalue weighted by Gasteiger charge is -2.05. The molecule has 2 aromatic heterocycles. The Kier molecular flexibility index (Phi) is 13.4. The SMILES string of the molecule is ClCCCCOCCCc1ccc[n+](CCCCOCCCc2cccnc2)c1. The fourth-order valence-corrected chi connectivity index (χ4v) is 3.36. The molecule has 29 heavy (non-hydrogen) atoms. The minimum atomic E-state index is 0.728. The van der Waals surface area contributed by atoms with Crippen LogP contribution in [0, 0.1) is 0 Å². The smallest absolute Gasteiger partial charge is 0.171 e. The molecule has 5 heteroatoms. The highest BCUT2D eigenvalue weighted by atomic mass is 35.5. The van der Waals surface area contributed by atoms with E-state index in [1.807, 2.05) is 18.5 Å². The average Bonchev–Trinajstić information content (AvgIpc) is 2.76. The minimum absolute atomic E-state index is 0.728. The van der Waals surface area contributed by atoms with Crippen LogP contribution in [0.15, 0.2) is 49.1 Å². The molecule has 160 valence electrons. The molecule has 0 saturated heterocycles. The van der Waals surface area contributed by atoms with Crippen LogP contribution in [0.5, 0.6) is 0 Å². The van der Waals surface area contributed by atoms with E-state index in [0.717, 1.165) is 90.2 Å². The number of unbranched alkanes of at least 4 members (excludes halogenated alkanes) is 2. The zero-order chi connectivity index (χ0) is 20.4. The van der Waals surface area contributed by atoms with Gasteiger partial charge >= 0.3 is 0 Å². The third-order valence-corrected chi connectivity index (χ3v) is 5.05. The van der Waals surface area contributed by atoms with Crippen LogP contribution in [-0.4, -0.2) is 37.3 Å². The second-order valence-corrected chi connectivity index (χ2v) is 7.72. The van der Waals surface area contributed by atoms with Crippen LogP contribution in [0.2, 0.25) is 0 Å². The number of nitrogens with zero attached hydrogens (tertiary/aromatic N) is 2. The lowest BCUT2D eigenvalue weighted by atomic mass is 10.1. The summed E-state index contributed by atoms with van der Waals surface area (Å²) in [6.07, 6.45) is 16.7. The molecule has 0 fully saturated rings. The highest BCUT2D eigenvalue weighted by molar-refractivity contribution is 6.17. The van der Waals surface area contributed by atoms with E-state index in [-0.39, 0.29) is 0 Å². The maximum Gasteiger partial charge on any atom is 0.171 e. The van der Waals surface area contributed by atoms with E-state index in [0.29, 0.717) is 0 Å². The highest BCUT2D eigenvalue weighted by Gasteiger charge is 2.03. The van der Waals surface area contributed by atoms with Crippen LogP contribution in [0.3, 0.4) is 0 Å². The normalized spacial score (nSPS) is 11.1. The fraction of sp³-hybridized carbons (Fsp3) is 0.583. The summed E-state index contributed by atoms with van der Waals surface area (Å²) in [5.41, 5.74) is 2.66. The number of hydrogen-bond donors (Lipinski definition) is 0. The summed E-state index contributed by atoms with van der Waals surface area (Å²) in [6.45, 7) is 4.37. The van der Waals surface area contributed by atoms with E-state index in [1.165, 1.54) is 11.1 Å². The van der Waals surface area contributed by atoms with Gasteiger partial charge in [-0.2, -0.15) is 0 Å². The van der Waals surface area contributed by atoms with E-state index >= 15 is 0 Å². The quantitative estimate of drug-likeness (QED) is 0.210. The maximum atomic E-state index is 5.77. The largest absolute Gasteiger partial charge is 0.381 e. The van der Waals surface area contributed by atoms with Crippen molar-refractivity contribution in [1.82, 2.24) is 4.98 Å². The molecule has 0 bridgehead atoms. The molecule has 0 atom stereocenters. The number of pyridine rings is 2. The van der Waals surface area contributed by atoms with Crippen LogP contribution in [0.1, 0.15) is 49.7 Å². The summed E-state index contributed by atoms with van der Waals surface area (Å²) < 4.78 is 13.7. The van der Waals surface area contributed by atoms with Gasteiger partial charge in [0.05, 0.1) is 0 Å². The van der Waals surface area contributed by atoms with Gasteiger partial charge < -0.3 is 9.47 Å². The molecule has 0 N–H and O–H groups in total. The van der Waals surface area contributed by atoms with E-state index in [4.69, 9.17) is 21.1 Å². The first-order valence-corrected chi connectivity index (χ1v) is 11.5. The first-order chi connectivity index (χ1) is 14.4. The van der Waals surface area contributed by atoms with Gasteiger partial charge in [-0.15, -0.1) is 11.6 Å². The average molecular weight is 420 g/mol. The second kappa shape index (κ2) is 16.3. The van der Waals surface area contributed by atoms with Crippen molar-refractivity contribution in [2.75, 3.05) is 32.3 Å². The molecule has 0 amide bonds. The van der Waals surface area contributed by atoms with Gasteiger partial charge in [0.1, 0.15) is 6.54 Å². The van der Waals surface area contributed by atoms with Gasteiger partial charge in [0.2, 0.25) is 0 Å². The van der Waals surface area contributed by atoms with E-state index in [1.54, 1.807) is 0 Å². The molecule has 0 saturated carbocycles. The van der Waals surface area contributed by atoms with Gasteiger partial charge in [-0.25, -0.2) is 4.57 Å². The van der Waals surface area contributed by atoms with Crippen molar-refractivity contribution in [2.24, 2.45) is 0 Å². The predicted octanol–water partition coefficient (Wildman–Crippen LogP) is 4.77. The number of rotatable bonds is 17. The van der Waals surface area contributed by atoms with E-state index < -0.39 is 0 Å². The van der Waals surface area contributed by atoms with Crippen molar-refractivity contribution in [3.8, 4) is 0 Å². The molecule has 0 aromatic carbocycles. The van der Waals surface area contributed by atoms with Crippen molar-refractivity contribution in [1.29, 1.82) is 0 Å². The lowest BCUT2D eigenvalue weighted by molar-refractivity contribution is -0.697. The standard InChI is InChI=1S/C24H36ClN2O2/c25-13-1-3-17-28-20-8-12-24-10-6-16-27(22-24)15-2-4-18-29-19-7-11-23-9-5-14-26-21-23/h5-6,9-10,14,16,21-22H,1-4,7-8,11-13,15,17-20H2/q+1. The molecule has 0 spiro atoms. The van der Waals surface area contributed by atoms with Gasteiger partial charge in [-0.3, -0.25) is 4.98 Å². The zero-order valence-electron chi connectivity index (χ0n) is 17.6. The Morgan fingerprint density at radius 1 is 0.793 bits per heavy atom. The van der Waals surface area contributed by atoms with Crippen LogP contribution in [0.4, 0.5) is 0 Å². The molecule has 0 radical (unpaired) electrons. The Morgan fingerprint density at radius 2 is 1.48 bits per heavy atom. The van der Waals surface area contributed by atoms with Crippen molar-refractivity contribution in [3.63, 3.8) is 0 Å². The van der Waals surface area contributed by atoms with E-state index in [9.17, 15) is 0 Å². The van der Waals surface area contributed by atoms with Gasteiger partial charge in [-0.05, 0) is 62.6 Å². The summed E-state index contributed by atoms with van der Waals surface area (Å²) in [6, 6.07) is 8.46. The second-order valence-electron chi connectivity index (χ2n) is 7.35. The number of aryl methyl sites for hydroxylation is 3. The molecular formula is C24H36ClN2O2+. The summed E-state index contributed by atoms with van der Waals surface area (Å²) in [7, 11) is 0. The molecule has 0 aliphatic rings. The number of hydrogen-bond acceptors (Lipinski definition) is 3. The number of alkyl halides is 1. The Morgan fingerprint density at radius 3 is 2.21 bits per heavy atom. The third kappa shape index (κ3) is 11.9. The third-order valence-electron chi connectivity index (χ3n) is 4.78. The van der Waals surface area contributed by atoms with Crippen LogP contribution >= 0.6 is 11.6 Å². The topological polar surface area (TPSA) is 35.2 Å². The molecule has 0 aliphatic carbocycles. The molecule has 4 nitrogen and oxygen atoms in total. The predicted molar refractivity (Wildman–Crippen MR) is 118 cm³/mol. The summed E-state index contributed by atoms with van der Waals surface area (Å²) in [4.78, 5) is 4.14. The highest BCUT2D eigenvalue weighted by Crippen LogP contribution is 2.03. The Hall–Kier alpha value is -1.49. The van der Waals surface area contributed by atoms with Gasteiger partial charge in [-0.1, -0.05) is 6.07 Å². The Balaban J connectivity index is 1.47. The molecule has 0 unspecified atom stereocenters. The zero-order valence-corrected chi connectivity index (χ0v) is 18.4. The first kappa shape index (κ1) is 23.8. The number of aromatic nitrogens is 2. The first-order valence-electron chi connectivity index (χ1n) is 11.0. The van der Waals surface area contributed by atoms with Crippen LogP contribution < -0.4 is 4.57 Å². The van der Waals surface area contributed by atoms with Crippen molar-refractivity contribution in [3.05, 3.63) is 60.2 Å².